The monoisotopic (exact) mass is 256 g/mol. The number of benzene rings is 1. The van der Waals surface area contributed by atoms with Gasteiger partial charge in [-0.25, -0.2) is 9.37 Å². The molecule has 84 valence electrons. The Balaban J connectivity index is 2.34. The maximum absolute atomic E-state index is 13.2. The zero-order valence-corrected chi connectivity index (χ0v) is 10.2. The number of hydrogen-bond donors (Lipinski definition) is 1. The minimum absolute atomic E-state index is 0.332. The Hall–Kier alpha value is -1.13. The predicted octanol–water partition coefficient (Wildman–Crippen LogP) is 4.03. The third-order valence-electron chi connectivity index (χ3n) is 1.98. The molecule has 0 aliphatic heterocycles. The van der Waals surface area contributed by atoms with Crippen LogP contribution in [-0.4, -0.2) is 11.5 Å². The molecule has 16 heavy (non-hydrogen) atoms. The van der Waals surface area contributed by atoms with Crippen molar-refractivity contribution in [2.75, 3.05) is 11.9 Å². The molecule has 0 saturated heterocycles. The molecule has 1 aromatic carbocycles. The molecule has 0 aliphatic rings. The lowest BCUT2D eigenvalue weighted by atomic mass is 10.2. The molecule has 0 aliphatic carbocycles. The van der Waals surface area contributed by atoms with Gasteiger partial charge in [-0.2, -0.15) is 0 Å². The standard InChI is InChI=1S/C11H10ClFN2S/c1-2-14-11-15-6-10(16-11)7-3-8(12)5-9(13)4-7/h3-6H,2H2,1H3,(H,14,15). The van der Waals surface area contributed by atoms with Crippen molar-refractivity contribution in [1.29, 1.82) is 0 Å². The van der Waals surface area contributed by atoms with E-state index in [1.807, 2.05) is 6.92 Å². The van der Waals surface area contributed by atoms with Crippen LogP contribution in [0.25, 0.3) is 10.4 Å². The average molecular weight is 257 g/mol. The van der Waals surface area contributed by atoms with Crippen molar-refractivity contribution >= 4 is 28.1 Å². The van der Waals surface area contributed by atoms with Crippen LogP contribution in [0.3, 0.4) is 0 Å². The van der Waals surface area contributed by atoms with Crippen LogP contribution in [0.1, 0.15) is 6.92 Å². The van der Waals surface area contributed by atoms with Gasteiger partial charge < -0.3 is 5.32 Å². The summed E-state index contributed by atoms with van der Waals surface area (Å²) in [6.45, 7) is 2.82. The minimum atomic E-state index is -0.332. The Labute approximate surface area is 102 Å². The first-order valence-corrected chi connectivity index (χ1v) is 6.04. The first kappa shape index (κ1) is 11.4. The normalized spacial score (nSPS) is 10.4. The SMILES string of the molecule is CCNc1ncc(-c2cc(F)cc(Cl)c2)s1. The molecule has 0 unspecified atom stereocenters. The molecule has 1 heterocycles. The van der Waals surface area contributed by atoms with Gasteiger partial charge >= 0.3 is 0 Å². The molecule has 1 N–H and O–H groups in total. The summed E-state index contributed by atoms with van der Waals surface area (Å²) in [7, 11) is 0. The fourth-order valence-electron chi connectivity index (χ4n) is 1.34. The lowest BCUT2D eigenvalue weighted by molar-refractivity contribution is 0.628. The van der Waals surface area contributed by atoms with Gasteiger partial charge in [0.1, 0.15) is 5.82 Å². The lowest BCUT2D eigenvalue weighted by Gasteiger charge is -1.98. The van der Waals surface area contributed by atoms with Gasteiger partial charge in [-0.1, -0.05) is 22.9 Å². The number of thiazole rings is 1. The number of aromatic nitrogens is 1. The summed E-state index contributed by atoms with van der Waals surface area (Å²) < 4.78 is 13.2. The maximum atomic E-state index is 13.2. The summed E-state index contributed by atoms with van der Waals surface area (Å²) in [5, 5.41) is 4.34. The van der Waals surface area contributed by atoms with Crippen molar-refractivity contribution in [3.8, 4) is 10.4 Å². The third-order valence-corrected chi connectivity index (χ3v) is 3.20. The van der Waals surface area contributed by atoms with Crippen molar-refractivity contribution in [3.05, 3.63) is 35.2 Å². The zero-order valence-electron chi connectivity index (χ0n) is 8.63. The third kappa shape index (κ3) is 2.51. The molecule has 2 nitrogen and oxygen atoms in total. The van der Waals surface area contributed by atoms with E-state index in [0.717, 1.165) is 22.1 Å². The molecule has 0 saturated carbocycles. The van der Waals surface area contributed by atoms with Gasteiger partial charge in [-0.3, -0.25) is 0 Å². The van der Waals surface area contributed by atoms with Crippen LogP contribution < -0.4 is 5.32 Å². The first-order chi connectivity index (χ1) is 7.69. The molecule has 0 amide bonds. The van der Waals surface area contributed by atoms with Crippen molar-refractivity contribution < 1.29 is 4.39 Å². The summed E-state index contributed by atoms with van der Waals surface area (Å²) in [6.07, 6.45) is 1.72. The van der Waals surface area contributed by atoms with E-state index in [1.165, 1.54) is 23.5 Å². The smallest absolute Gasteiger partial charge is 0.183 e. The minimum Gasteiger partial charge on any atom is -0.362 e. The zero-order chi connectivity index (χ0) is 11.5. The Morgan fingerprint density at radius 2 is 2.25 bits per heavy atom. The van der Waals surface area contributed by atoms with E-state index in [2.05, 4.69) is 10.3 Å². The molecule has 0 atom stereocenters. The van der Waals surface area contributed by atoms with Gasteiger partial charge in [0.05, 0.1) is 4.88 Å². The number of hydrogen-bond acceptors (Lipinski definition) is 3. The maximum Gasteiger partial charge on any atom is 0.183 e. The van der Waals surface area contributed by atoms with E-state index < -0.39 is 0 Å². The Morgan fingerprint density at radius 1 is 1.44 bits per heavy atom. The molecular formula is C11H10ClFN2S. The number of nitrogens with zero attached hydrogens (tertiary/aromatic N) is 1. The van der Waals surface area contributed by atoms with Crippen molar-refractivity contribution in [2.45, 2.75) is 6.92 Å². The van der Waals surface area contributed by atoms with Crippen LogP contribution in [-0.2, 0) is 0 Å². The summed E-state index contributed by atoms with van der Waals surface area (Å²) in [6, 6.07) is 4.47. The number of anilines is 1. The van der Waals surface area contributed by atoms with Crippen LogP contribution >= 0.6 is 22.9 Å². The van der Waals surface area contributed by atoms with E-state index in [1.54, 1.807) is 12.3 Å². The predicted molar refractivity (Wildman–Crippen MR) is 66.7 cm³/mol. The molecule has 2 rings (SSSR count). The van der Waals surface area contributed by atoms with Gasteiger partial charge in [0.2, 0.25) is 0 Å². The molecular weight excluding hydrogens is 247 g/mol. The Kier molecular flexibility index (Phi) is 3.41. The second-order valence-corrected chi connectivity index (χ2v) is 4.69. The van der Waals surface area contributed by atoms with Gasteiger partial charge in [-0.05, 0) is 30.7 Å². The Bertz CT molecular complexity index is 478. The average Bonchev–Trinajstić information content (AvgIpc) is 2.65. The van der Waals surface area contributed by atoms with E-state index >= 15 is 0 Å². The van der Waals surface area contributed by atoms with Gasteiger partial charge in [0, 0.05) is 17.8 Å². The fraction of sp³-hybridized carbons (Fsp3) is 0.182. The molecule has 2 aromatic rings. The van der Waals surface area contributed by atoms with Gasteiger partial charge in [0.25, 0.3) is 0 Å². The quantitative estimate of drug-likeness (QED) is 0.897. The molecule has 0 bridgehead atoms. The number of nitrogens with one attached hydrogen (secondary N) is 1. The summed E-state index contributed by atoms with van der Waals surface area (Å²) in [4.78, 5) is 5.08. The van der Waals surface area contributed by atoms with Gasteiger partial charge in [0.15, 0.2) is 5.13 Å². The van der Waals surface area contributed by atoms with Crippen LogP contribution in [0.4, 0.5) is 9.52 Å². The highest BCUT2D eigenvalue weighted by molar-refractivity contribution is 7.18. The van der Waals surface area contributed by atoms with Crippen LogP contribution in [0, 0.1) is 5.82 Å². The summed E-state index contributed by atoms with van der Waals surface area (Å²) >= 11 is 7.28. The van der Waals surface area contributed by atoms with Crippen LogP contribution in [0.15, 0.2) is 24.4 Å². The number of rotatable bonds is 3. The molecule has 1 aromatic heterocycles. The van der Waals surface area contributed by atoms with E-state index in [-0.39, 0.29) is 5.82 Å². The molecule has 0 radical (unpaired) electrons. The molecule has 0 fully saturated rings. The second-order valence-electron chi connectivity index (χ2n) is 3.22. The van der Waals surface area contributed by atoms with Crippen molar-refractivity contribution in [1.82, 2.24) is 4.98 Å². The van der Waals surface area contributed by atoms with E-state index in [0.29, 0.717) is 5.02 Å². The topological polar surface area (TPSA) is 24.9 Å². The highest BCUT2D eigenvalue weighted by Crippen LogP contribution is 2.31. The van der Waals surface area contributed by atoms with Crippen LogP contribution in [0.2, 0.25) is 5.02 Å². The summed E-state index contributed by atoms with van der Waals surface area (Å²) in [5.41, 5.74) is 0.756. The highest BCUT2D eigenvalue weighted by Gasteiger charge is 2.06. The number of halogens is 2. The van der Waals surface area contributed by atoms with Crippen molar-refractivity contribution in [2.24, 2.45) is 0 Å². The Morgan fingerprint density at radius 3 is 2.94 bits per heavy atom. The van der Waals surface area contributed by atoms with Crippen LogP contribution in [0.5, 0.6) is 0 Å². The first-order valence-electron chi connectivity index (χ1n) is 4.85. The van der Waals surface area contributed by atoms with Crippen molar-refractivity contribution in [3.63, 3.8) is 0 Å². The van der Waals surface area contributed by atoms with Gasteiger partial charge in [-0.15, -0.1) is 0 Å². The highest BCUT2D eigenvalue weighted by atomic mass is 35.5. The summed E-state index contributed by atoms with van der Waals surface area (Å²) in [5.74, 6) is -0.332. The van der Waals surface area contributed by atoms with E-state index in [4.69, 9.17) is 11.6 Å². The lowest BCUT2D eigenvalue weighted by Crippen LogP contribution is -1.94. The van der Waals surface area contributed by atoms with E-state index in [9.17, 15) is 4.39 Å². The molecule has 5 heteroatoms. The second kappa shape index (κ2) is 4.80. The fourth-order valence-corrected chi connectivity index (χ4v) is 2.43. The largest absolute Gasteiger partial charge is 0.362 e. The molecule has 0 spiro atoms.